The molecule has 0 heterocycles. The molecule has 0 bridgehead atoms. The monoisotopic (exact) mass is 180 g/mol. The molecule has 11 heavy (non-hydrogen) atoms. The van der Waals surface area contributed by atoms with Crippen molar-refractivity contribution >= 4 is 47.1 Å². The summed E-state index contributed by atoms with van der Waals surface area (Å²) in [5.41, 5.74) is 0.215. The van der Waals surface area contributed by atoms with E-state index in [0.717, 1.165) is 0 Å². The third kappa shape index (κ3) is 3.25. The summed E-state index contributed by atoms with van der Waals surface area (Å²) in [7, 11) is 0. The van der Waals surface area contributed by atoms with Crippen molar-refractivity contribution in [2.75, 3.05) is 0 Å². The number of rotatable bonds is 1. The Morgan fingerprint density at radius 1 is 1.45 bits per heavy atom. The summed E-state index contributed by atoms with van der Waals surface area (Å²) in [6.07, 6.45) is 0. The number of halogens is 1. The van der Waals surface area contributed by atoms with Gasteiger partial charge in [-0.15, -0.1) is 0 Å². The van der Waals surface area contributed by atoms with Crippen LogP contribution in [0.3, 0.4) is 0 Å². The van der Waals surface area contributed by atoms with Gasteiger partial charge in [0.2, 0.25) is 0 Å². The van der Waals surface area contributed by atoms with Gasteiger partial charge in [-0.1, -0.05) is 17.7 Å². The molecule has 1 rings (SSSR count). The SMILES string of the molecule is O=C(O)c1cccc(Cl)c1.[NaH]. The fourth-order valence-corrected chi connectivity index (χ4v) is 0.812. The fourth-order valence-electron chi connectivity index (χ4n) is 0.622. The Bertz CT molecular complexity index is 262. The Labute approximate surface area is 91.5 Å². The zero-order chi connectivity index (χ0) is 7.56. The van der Waals surface area contributed by atoms with E-state index < -0.39 is 5.97 Å². The fraction of sp³-hybridized carbons (Fsp3) is 0. The topological polar surface area (TPSA) is 37.3 Å². The minimum atomic E-state index is -0.956. The Balaban J connectivity index is 0.000001000. The van der Waals surface area contributed by atoms with E-state index >= 15 is 0 Å². The molecule has 1 aromatic carbocycles. The van der Waals surface area contributed by atoms with E-state index in [1.807, 2.05) is 0 Å². The summed E-state index contributed by atoms with van der Waals surface area (Å²) in [6, 6.07) is 6.14. The second-order valence-corrected chi connectivity index (χ2v) is 2.25. The van der Waals surface area contributed by atoms with Crippen molar-refractivity contribution in [3.63, 3.8) is 0 Å². The van der Waals surface area contributed by atoms with Crippen LogP contribution in [0.5, 0.6) is 0 Å². The summed E-state index contributed by atoms with van der Waals surface area (Å²) in [6.45, 7) is 0. The van der Waals surface area contributed by atoms with E-state index in [1.54, 1.807) is 12.1 Å². The van der Waals surface area contributed by atoms with Crippen molar-refractivity contribution in [3.8, 4) is 0 Å². The van der Waals surface area contributed by atoms with Crippen LogP contribution in [0.1, 0.15) is 10.4 Å². The Hall–Kier alpha value is -0.0200. The van der Waals surface area contributed by atoms with E-state index in [4.69, 9.17) is 16.7 Å². The molecule has 54 valence electrons. The zero-order valence-electron chi connectivity index (χ0n) is 5.04. The molecule has 0 saturated heterocycles. The van der Waals surface area contributed by atoms with Crippen LogP contribution in [0, 0.1) is 0 Å². The second kappa shape index (κ2) is 4.78. The van der Waals surface area contributed by atoms with Crippen molar-refractivity contribution < 1.29 is 9.90 Å². The molecule has 0 saturated carbocycles. The molecule has 0 aliphatic heterocycles. The van der Waals surface area contributed by atoms with E-state index in [2.05, 4.69) is 0 Å². The minimum absolute atomic E-state index is 0. The Morgan fingerprint density at radius 2 is 2.09 bits per heavy atom. The van der Waals surface area contributed by atoms with Gasteiger partial charge in [-0.3, -0.25) is 0 Å². The maximum absolute atomic E-state index is 10.3. The average Bonchev–Trinajstić information content (AvgIpc) is 1.88. The number of carbonyl (C=O) groups is 1. The second-order valence-electron chi connectivity index (χ2n) is 1.82. The molecule has 0 spiro atoms. The molecule has 0 aromatic heterocycles. The number of carboxylic acid groups (broad SMARTS) is 1. The van der Waals surface area contributed by atoms with Gasteiger partial charge in [-0.25, -0.2) is 4.79 Å². The van der Waals surface area contributed by atoms with E-state index in [-0.39, 0.29) is 35.1 Å². The molecule has 0 aliphatic carbocycles. The third-order valence-electron chi connectivity index (χ3n) is 1.07. The van der Waals surface area contributed by atoms with Crippen molar-refractivity contribution in [1.29, 1.82) is 0 Å². The number of aromatic carboxylic acids is 1. The van der Waals surface area contributed by atoms with Crippen molar-refractivity contribution in [1.82, 2.24) is 0 Å². The van der Waals surface area contributed by atoms with Gasteiger partial charge in [0.25, 0.3) is 0 Å². The molecule has 1 N–H and O–H groups in total. The van der Waals surface area contributed by atoms with E-state index in [9.17, 15) is 4.79 Å². The Kier molecular flexibility index (Phi) is 4.77. The molecule has 4 heteroatoms. The summed E-state index contributed by atoms with van der Waals surface area (Å²) < 4.78 is 0. The molecular weight excluding hydrogens is 175 g/mol. The summed E-state index contributed by atoms with van der Waals surface area (Å²) in [4.78, 5) is 10.3. The first-order valence-corrected chi connectivity index (χ1v) is 3.07. The van der Waals surface area contributed by atoms with Gasteiger partial charge in [0.15, 0.2) is 0 Å². The van der Waals surface area contributed by atoms with Crippen LogP contribution >= 0.6 is 11.6 Å². The molecule has 0 aliphatic rings. The maximum atomic E-state index is 10.3. The van der Waals surface area contributed by atoms with Gasteiger partial charge >= 0.3 is 35.5 Å². The zero-order valence-corrected chi connectivity index (χ0v) is 5.80. The number of hydrogen-bond donors (Lipinski definition) is 1. The van der Waals surface area contributed by atoms with E-state index in [0.29, 0.717) is 5.02 Å². The molecule has 0 unspecified atom stereocenters. The van der Waals surface area contributed by atoms with Crippen LogP contribution in [0.25, 0.3) is 0 Å². The quantitative estimate of drug-likeness (QED) is 0.664. The van der Waals surface area contributed by atoms with Gasteiger partial charge in [-0.2, -0.15) is 0 Å². The van der Waals surface area contributed by atoms with Crippen LogP contribution in [0.2, 0.25) is 5.02 Å². The third-order valence-corrected chi connectivity index (χ3v) is 1.31. The Morgan fingerprint density at radius 3 is 2.45 bits per heavy atom. The van der Waals surface area contributed by atoms with Gasteiger partial charge in [-0.05, 0) is 18.2 Å². The normalized spacial score (nSPS) is 8.45. The first-order valence-electron chi connectivity index (χ1n) is 2.69. The van der Waals surface area contributed by atoms with Crippen LogP contribution < -0.4 is 0 Å². The number of carboxylic acids is 1. The molecule has 0 radical (unpaired) electrons. The first-order chi connectivity index (χ1) is 4.70. The molecule has 1 aromatic rings. The summed E-state index contributed by atoms with van der Waals surface area (Å²) in [5.74, 6) is -0.956. The van der Waals surface area contributed by atoms with E-state index in [1.165, 1.54) is 12.1 Å². The summed E-state index contributed by atoms with van der Waals surface area (Å²) in [5, 5.41) is 8.89. The first kappa shape index (κ1) is 11.0. The molecular formula is C7H6ClNaO2. The molecule has 0 amide bonds. The van der Waals surface area contributed by atoms with Gasteiger partial charge in [0.05, 0.1) is 5.56 Å². The predicted molar refractivity (Wildman–Crippen MR) is 45.6 cm³/mol. The standard InChI is InChI=1S/C7H5ClO2.Na.H/c8-6-3-1-2-5(4-6)7(9)10;;/h1-4H,(H,9,10);;. The molecule has 2 nitrogen and oxygen atoms in total. The van der Waals surface area contributed by atoms with Crippen molar-refractivity contribution in [2.24, 2.45) is 0 Å². The number of hydrogen-bond acceptors (Lipinski definition) is 1. The van der Waals surface area contributed by atoms with Crippen molar-refractivity contribution in [3.05, 3.63) is 34.9 Å². The molecule has 0 fully saturated rings. The van der Waals surface area contributed by atoms with Gasteiger partial charge < -0.3 is 5.11 Å². The van der Waals surface area contributed by atoms with Crippen LogP contribution in [0.4, 0.5) is 0 Å². The van der Waals surface area contributed by atoms with Crippen LogP contribution in [0.15, 0.2) is 24.3 Å². The number of benzene rings is 1. The molecule has 0 atom stereocenters. The van der Waals surface area contributed by atoms with Crippen LogP contribution in [-0.4, -0.2) is 40.6 Å². The van der Waals surface area contributed by atoms with Crippen LogP contribution in [-0.2, 0) is 0 Å². The van der Waals surface area contributed by atoms with Gasteiger partial charge in [0, 0.05) is 5.02 Å². The van der Waals surface area contributed by atoms with Gasteiger partial charge in [0.1, 0.15) is 0 Å². The predicted octanol–water partition coefficient (Wildman–Crippen LogP) is 1.39. The summed E-state index contributed by atoms with van der Waals surface area (Å²) >= 11 is 5.53. The van der Waals surface area contributed by atoms with Crippen molar-refractivity contribution in [2.45, 2.75) is 0 Å². The average molecular weight is 181 g/mol.